The molecule has 84 valence electrons. The van der Waals surface area contributed by atoms with E-state index < -0.39 is 0 Å². The van der Waals surface area contributed by atoms with Gasteiger partial charge in [0.05, 0.1) is 5.69 Å². The Morgan fingerprint density at radius 3 is 2.88 bits per heavy atom. The van der Waals surface area contributed by atoms with Crippen molar-refractivity contribution in [1.82, 2.24) is 24.8 Å². The molecule has 0 amide bonds. The average Bonchev–Trinajstić information content (AvgIpc) is 2.72. The van der Waals surface area contributed by atoms with Gasteiger partial charge in [0.15, 0.2) is 0 Å². The Morgan fingerprint density at radius 1 is 1.25 bits per heavy atom. The molecule has 0 aliphatic heterocycles. The lowest BCUT2D eigenvalue weighted by Gasteiger charge is -2.04. The van der Waals surface area contributed by atoms with Crippen LogP contribution in [0.2, 0.25) is 0 Å². The van der Waals surface area contributed by atoms with E-state index in [9.17, 15) is 0 Å². The fourth-order valence-corrected chi connectivity index (χ4v) is 1.48. The molecule has 5 heteroatoms. The van der Waals surface area contributed by atoms with E-state index in [-0.39, 0.29) is 0 Å². The van der Waals surface area contributed by atoms with Crippen molar-refractivity contribution in [3.63, 3.8) is 0 Å². The van der Waals surface area contributed by atoms with Crippen LogP contribution in [0.15, 0.2) is 31.0 Å². The minimum Gasteiger partial charge on any atom is -0.338 e. The summed E-state index contributed by atoms with van der Waals surface area (Å²) in [6, 6.07) is 0. The van der Waals surface area contributed by atoms with Gasteiger partial charge < -0.3 is 9.88 Å². The van der Waals surface area contributed by atoms with Crippen molar-refractivity contribution >= 4 is 0 Å². The number of nitrogens with one attached hydrogen (secondary N) is 1. The topological polar surface area (TPSA) is 55.6 Å². The highest BCUT2D eigenvalue weighted by atomic mass is 15.0. The summed E-state index contributed by atoms with van der Waals surface area (Å²) in [5.41, 5.74) is 0.961. The zero-order chi connectivity index (χ0) is 11.2. The summed E-state index contributed by atoms with van der Waals surface area (Å²) in [6.45, 7) is 1.64. The highest BCUT2D eigenvalue weighted by Gasteiger charge is 1.98. The Bertz CT molecular complexity index is 423. The van der Waals surface area contributed by atoms with E-state index in [1.807, 2.05) is 24.0 Å². The lowest BCUT2D eigenvalue weighted by Crippen LogP contribution is -2.18. The van der Waals surface area contributed by atoms with Crippen LogP contribution >= 0.6 is 0 Å². The number of nitrogens with zero attached hydrogens (tertiary/aromatic N) is 4. The normalized spacial score (nSPS) is 10.6. The van der Waals surface area contributed by atoms with Gasteiger partial charge in [0.25, 0.3) is 0 Å². The summed E-state index contributed by atoms with van der Waals surface area (Å²) in [5.74, 6) is 1.09. The first-order valence-corrected chi connectivity index (χ1v) is 5.28. The quantitative estimate of drug-likeness (QED) is 0.743. The van der Waals surface area contributed by atoms with Gasteiger partial charge in [-0.2, -0.15) is 0 Å². The fourth-order valence-electron chi connectivity index (χ4n) is 1.48. The molecule has 0 aliphatic rings. The molecule has 16 heavy (non-hydrogen) atoms. The Hall–Kier alpha value is -1.75. The highest BCUT2D eigenvalue weighted by Crippen LogP contribution is 1.94. The number of hydrogen-bond donors (Lipinski definition) is 1. The first-order chi connectivity index (χ1) is 7.86. The molecule has 0 aromatic carbocycles. The van der Waals surface area contributed by atoms with Gasteiger partial charge in [0.2, 0.25) is 0 Å². The van der Waals surface area contributed by atoms with Crippen molar-refractivity contribution in [1.29, 1.82) is 0 Å². The van der Waals surface area contributed by atoms with Crippen LogP contribution < -0.4 is 5.32 Å². The van der Waals surface area contributed by atoms with Crippen LogP contribution in [0.5, 0.6) is 0 Å². The van der Waals surface area contributed by atoms with Crippen LogP contribution in [0.25, 0.3) is 0 Å². The molecule has 1 N–H and O–H groups in total. The first-order valence-electron chi connectivity index (χ1n) is 5.28. The summed E-state index contributed by atoms with van der Waals surface area (Å²) >= 11 is 0. The zero-order valence-electron chi connectivity index (χ0n) is 9.30. The minimum atomic E-state index is 0.748. The maximum absolute atomic E-state index is 4.26. The molecule has 2 rings (SSSR count). The van der Waals surface area contributed by atoms with Crippen molar-refractivity contribution in [3.05, 3.63) is 42.5 Å². The summed E-state index contributed by atoms with van der Waals surface area (Å²) in [4.78, 5) is 12.4. The standard InChI is InChI=1S/C11H15N5/c1-16-7-6-15-11(16)2-3-12-8-10-9-13-4-5-14-10/h4-7,9,12H,2-3,8H2,1H3. The molecule has 0 bridgehead atoms. The van der Waals surface area contributed by atoms with Crippen molar-refractivity contribution in [3.8, 4) is 0 Å². The van der Waals surface area contributed by atoms with Crippen molar-refractivity contribution in [2.75, 3.05) is 6.54 Å². The SMILES string of the molecule is Cn1ccnc1CCNCc1cnccn1. The van der Waals surface area contributed by atoms with Gasteiger partial charge in [-0.1, -0.05) is 0 Å². The second-order valence-corrected chi connectivity index (χ2v) is 3.58. The lowest BCUT2D eigenvalue weighted by molar-refractivity contribution is 0.645. The van der Waals surface area contributed by atoms with Gasteiger partial charge in [-0.05, 0) is 0 Å². The maximum atomic E-state index is 4.26. The smallest absolute Gasteiger partial charge is 0.109 e. The third kappa shape index (κ3) is 2.87. The molecule has 0 atom stereocenters. The van der Waals surface area contributed by atoms with E-state index in [2.05, 4.69) is 20.3 Å². The largest absolute Gasteiger partial charge is 0.338 e. The number of aryl methyl sites for hydroxylation is 1. The number of hydrogen-bond acceptors (Lipinski definition) is 4. The Balaban J connectivity index is 1.72. The molecular formula is C11H15N5. The third-order valence-electron chi connectivity index (χ3n) is 2.37. The first kappa shape index (κ1) is 10.8. The third-order valence-corrected chi connectivity index (χ3v) is 2.37. The molecule has 2 aromatic heterocycles. The molecule has 0 unspecified atom stereocenters. The van der Waals surface area contributed by atoms with Gasteiger partial charge >= 0.3 is 0 Å². The summed E-state index contributed by atoms with van der Waals surface area (Å²) < 4.78 is 2.03. The molecule has 2 aromatic rings. The van der Waals surface area contributed by atoms with Crippen LogP contribution in [-0.4, -0.2) is 26.1 Å². The monoisotopic (exact) mass is 217 g/mol. The maximum Gasteiger partial charge on any atom is 0.109 e. The molecule has 0 saturated carbocycles. The molecule has 5 nitrogen and oxygen atoms in total. The van der Waals surface area contributed by atoms with Crippen LogP contribution in [0.4, 0.5) is 0 Å². The van der Waals surface area contributed by atoms with Crippen molar-refractivity contribution < 1.29 is 0 Å². The van der Waals surface area contributed by atoms with Crippen LogP contribution in [-0.2, 0) is 20.0 Å². The van der Waals surface area contributed by atoms with E-state index in [1.54, 1.807) is 18.6 Å². The number of rotatable bonds is 5. The van der Waals surface area contributed by atoms with Crippen LogP contribution in [0.1, 0.15) is 11.5 Å². The fraction of sp³-hybridized carbons (Fsp3) is 0.364. The summed E-state index contributed by atoms with van der Waals surface area (Å²) in [6.07, 6.45) is 9.85. The van der Waals surface area contributed by atoms with E-state index in [0.717, 1.165) is 31.0 Å². The summed E-state index contributed by atoms with van der Waals surface area (Å²) in [7, 11) is 2.00. The van der Waals surface area contributed by atoms with Gasteiger partial charge in [0.1, 0.15) is 5.82 Å². The zero-order valence-corrected chi connectivity index (χ0v) is 9.30. The molecule has 0 spiro atoms. The lowest BCUT2D eigenvalue weighted by atomic mass is 10.3. The van der Waals surface area contributed by atoms with E-state index in [0.29, 0.717) is 0 Å². The molecule has 0 saturated heterocycles. The molecule has 0 radical (unpaired) electrons. The number of aromatic nitrogens is 4. The molecule has 0 aliphatic carbocycles. The van der Waals surface area contributed by atoms with Gasteiger partial charge in [-0.3, -0.25) is 9.97 Å². The highest BCUT2D eigenvalue weighted by molar-refractivity contribution is 4.95. The Labute approximate surface area is 94.6 Å². The van der Waals surface area contributed by atoms with Crippen LogP contribution in [0.3, 0.4) is 0 Å². The van der Waals surface area contributed by atoms with Gasteiger partial charge in [-0.25, -0.2) is 4.98 Å². The van der Waals surface area contributed by atoms with Gasteiger partial charge in [-0.15, -0.1) is 0 Å². The Kier molecular flexibility index (Phi) is 3.61. The van der Waals surface area contributed by atoms with Crippen LogP contribution in [0, 0.1) is 0 Å². The average molecular weight is 217 g/mol. The van der Waals surface area contributed by atoms with Gasteiger partial charge in [0, 0.05) is 57.5 Å². The minimum absolute atomic E-state index is 0.748. The second-order valence-electron chi connectivity index (χ2n) is 3.58. The molecular weight excluding hydrogens is 202 g/mol. The van der Waals surface area contributed by atoms with Crippen molar-refractivity contribution in [2.45, 2.75) is 13.0 Å². The Morgan fingerprint density at radius 2 is 2.19 bits per heavy atom. The predicted molar refractivity (Wildman–Crippen MR) is 60.7 cm³/mol. The predicted octanol–water partition coefficient (Wildman–Crippen LogP) is 0.542. The number of imidazole rings is 1. The van der Waals surface area contributed by atoms with E-state index >= 15 is 0 Å². The van der Waals surface area contributed by atoms with E-state index in [4.69, 9.17) is 0 Å². The second kappa shape index (κ2) is 5.37. The van der Waals surface area contributed by atoms with E-state index in [1.165, 1.54) is 0 Å². The summed E-state index contributed by atoms with van der Waals surface area (Å²) in [5, 5.41) is 3.31. The molecule has 2 heterocycles. The molecule has 0 fully saturated rings. The van der Waals surface area contributed by atoms with Crippen molar-refractivity contribution in [2.24, 2.45) is 7.05 Å².